The van der Waals surface area contributed by atoms with Crippen molar-refractivity contribution < 1.29 is 17.9 Å². The summed E-state index contributed by atoms with van der Waals surface area (Å²) in [7, 11) is -3.97. The minimum absolute atomic E-state index is 0.143. The summed E-state index contributed by atoms with van der Waals surface area (Å²) < 4.78 is 35.0. The van der Waals surface area contributed by atoms with E-state index in [0.29, 0.717) is 12.1 Å². The lowest BCUT2D eigenvalue weighted by Crippen LogP contribution is -2.47. The number of carbonyl (C=O) groups excluding carboxylic acids is 1. The van der Waals surface area contributed by atoms with Crippen molar-refractivity contribution >= 4 is 21.6 Å². The number of ether oxygens (including phenoxy) is 1. The molecule has 190 valence electrons. The van der Waals surface area contributed by atoms with Crippen LogP contribution in [0.25, 0.3) is 0 Å². The second-order valence-electron chi connectivity index (χ2n) is 9.52. The number of benzene rings is 3. The van der Waals surface area contributed by atoms with E-state index in [9.17, 15) is 13.2 Å². The van der Waals surface area contributed by atoms with Gasteiger partial charge in [-0.25, -0.2) is 8.42 Å². The van der Waals surface area contributed by atoms with Crippen molar-refractivity contribution in [3.63, 3.8) is 0 Å². The Labute approximate surface area is 214 Å². The number of hydrogen-bond acceptors (Lipinski definition) is 4. The van der Waals surface area contributed by atoms with E-state index >= 15 is 0 Å². The van der Waals surface area contributed by atoms with E-state index in [1.54, 1.807) is 42.5 Å². The normalized spacial score (nSPS) is 16.5. The fourth-order valence-corrected chi connectivity index (χ4v) is 6.36. The molecule has 1 heterocycles. The van der Waals surface area contributed by atoms with Gasteiger partial charge in [0.25, 0.3) is 10.0 Å². The molecular formula is C29H34N2O4S. The Kier molecular flexibility index (Phi) is 7.41. The van der Waals surface area contributed by atoms with Gasteiger partial charge in [0, 0.05) is 12.0 Å². The molecule has 1 N–H and O–H groups in total. The average Bonchev–Trinajstić information content (AvgIpc) is 2.87. The van der Waals surface area contributed by atoms with Gasteiger partial charge in [-0.2, -0.15) is 0 Å². The number of nitrogens with one attached hydrogen (secondary N) is 1. The first-order valence-corrected chi connectivity index (χ1v) is 13.8. The summed E-state index contributed by atoms with van der Waals surface area (Å²) in [4.78, 5) is 13.6. The topological polar surface area (TPSA) is 75.7 Å². The van der Waals surface area contributed by atoms with E-state index in [4.69, 9.17) is 4.74 Å². The van der Waals surface area contributed by atoms with Crippen molar-refractivity contribution in [2.75, 3.05) is 10.8 Å². The maximum atomic E-state index is 13.7. The molecule has 0 spiro atoms. The number of nitrogens with zero attached hydrogens (tertiary/aromatic N) is 1. The molecule has 1 atom stereocenters. The molecule has 0 saturated heterocycles. The molecule has 1 amide bonds. The Bertz CT molecular complexity index is 1310. The quantitative estimate of drug-likeness (QED) is 0.425. The summed E-state index contributed by atoms with van der Waals surface area (Å²) in [5.41, 5.74) is 2.85. The van der Waals surface area contributed by atoms with Gasteiger partial charge in [0.15, 0.2) is 0 Å². The smallest absolute Gasteiger partial charge is 0.264 e. The minimum atomic E-state index is -3.97. The number of sulfonamides is 1. The molecule has 0 saturated carbocycles. The zero-order valence-corrected chi connectivity index (χ0v) is 22.1. The number of amides is 1. The van der Waals surface area contributed by atoms with Crippen LogP contribution in [0.2, 0.25) is 0 Å². The van der Waals surface area contributed by atoms with Gasteiger partial charge in [0.1, 0.15) is 17.9 Å². The van der Waals surface area contributed by atoms with E-state index in [2.05, 4.69) is 19.2 Å². The summed E-state index contributed by atoms with van der Waals surface area (Å²) in [6.45, 7) is 7.68. The first-order chi connectivity index (χ1) is 17.2. The van der Waals surface area contributed by atoms with Gasteiger partial charge >= 0.3 is 0 Å². The van der Waals surface area contributed by atoms with Crippen LogP contribution in [-0.2, 0) is 14.8 Å². The van der Waals surface area contributed by atoms with Crippen LogP contribution in [0.1, 0.15) is 55.8 Å². The number of anilines is 1. The molecule has 0 fully saturated rings. The highest BCUT2D eigenvalue weighted by molar-refractivity contribution is 7.92. The number of para-hydroxylation sites is 1. The maximum Gasteiger partial charge on any atom is 0.264 e. The highest BCUT2D eigenvalue weighted by Gasteiger charge is 2.39. The Morgan fingerprint density at radius 1 is 0.972 bits per heavy atom. The molecule has 6 nitrogen and oxygen atoms in total. The van der Waals surface area contributed by atoms with Crippen molar-refractivity contribution in [1.82, 2.24) is 5.32 Å². The largest absolute Gasteiger partial charge is 0.487 e. The van der Waals surface area contributed by atoms with E-state index in [1.165, 1.54) is 4.31 Å². The molecule has 0 radical (unpaired) electrons. The van der Waals surface area contributed by atoms with Crippen molar-refractivity contribution in [1.29, 1.82) is 0 Å². The SMILES string of the molecule is CCC1(CC)CC(NC(=O)CN(c2cc(C)cc(C)c2)S(=O)(=O)c2ccccc2)c2ccccc2O1. The molecule has 3 aromatic carbocycles. The lowest BCUT2D eigenvalue weighted by Gasteiger charge is -2.41. The van der Waals surface area contributed by atoms with Gasteiger partial charge in [-0.3, -0.25) is 9.10 Å². The fraction of sp³-hybridized carbons (Fsp3) is 0.345. The predicted molar refractivity (Wildman–Crippen MR) is 143 cm³/mol. The minimum Gasteiger partial charge on any atom is -0.487 e. The van der Waals surface area contributed by atoms with Crippen molar-refractivity contribution in [2.45, 2.75) is 63.5 Å². The maximum absolute atomic E-state index is 13.7. The molecule has 1 aliphatic rings. The molecule has 0 bridgehead atoms. The van der Waals surface area contributed by atoms with Crippen LogP contribution < -0.4 is 14.4 Å². The van der Waals surface area contributed by atoms with E-state index < -0.39 is 10.0 Å². The third-order valence-corrected chi connectivity index (χ3v) is 8.72. The van der Waals surface area contributed by atoms with Gasteiger partial charge in [-0.15, -0.1) is 0 Å². The number of carbonyl (C=O) groups is 1. The van der Waals surface area contributed by atoms with Crippen molar-refractivity contribution in [2.24, 2.45) is 0 Å². The highest BCUT2D eigenvalue weighted by atomic mass is 32.2. The molecular weight excluding hydrogens is 472 g/mol. The number of fused-ring (bicyclic) bond motifs is 1. The zero-order chi connectivity index (χ0) is 25.9. The Hall–Kier alpha value is -3.32. The fourth-order valence-electron chi connectivity index (χ4n) is 4.93. The standard InChI is InChI=1S/C29H34N2O4S/c1-5-29(6-2)19-26(25-14-10-11-15-27(25)35-29)30-28(32)20-31(23-17-21(3)16-22(4)18-23)36(33,34)24-12-8-7-9-13-24/h7-18,26H,5-6,19-20H2,1-4H3,(H,30,32). The van der Waals surface area contributed by atoms with Gasteiger partial charge in [-0.1, -0.05) is 56.3 Å². The Balaban J connectivity index is 1.67. The Morgan fingerprint density at radius 2 is 1.58 bits per heavy atom. The predicted octanol–water partition coefficient (Wildman–Crippen LogP) is 5.70. The molecule has 7 heteroatoms. The molecule has 1 unspecified atom stereocenters. The molecule has 0 aromatic heterocycles. The summed E-state index contributed by atoms with van der Waals surface area (Å²) >= 11 is 0. The van der Waals surface area contributed by atoms with Crippen molar-refractivity contribution in [3.8, 4) is 5.75 Å². The van der Waals surface area contributed by atoms with Crippen molar-refractivity contribution in [3.05, 3.63) is 89.5 Å². The summed E-state index contributed by atoms with van der Waals surface area (Å²) in [6, 6.07) is 21.3. The number of aryl methyl sites for hydroxylation is 2. The summed E-state index contributed by atoms with van der Waals surface area (Å²) in [6.07, 6.45) is 2.24. The van der Waals surface area contributed by atoms with E-state index in [1.807, 2.05) is 44.2 Å². The molecule has 3 aromatic rings. The molecule has 0 aliphatic carbocycles. The van der Waals surface area contributed by atoms with Crippen LogP contribution >= 0.6 is 0 Å². The van der Waals surface area contributed by atoms with Crippen LogP contribution in [0.15, 0.2) is 77.7 Å². The lowest BCUT2D eigenvalue weighted by molar-refractivity contribution is -0.121. The van der Waals surface area contributed by atoms with Gasteiger partial charge in [-0.05, 0) is 68.1 Å². The Morgan fingerprint density at radius 3 is 2.22 bits per heavy atom. The average molecular weight is 507 g/mol. The van der Waals surface area contributed by atoms with Gasteiger partial charge in [0.2, 0.25) is 5.91 Å². The molecule has 36 heavy (non-hydrogen) atoms. The van der Waals surface area contributed by atoms with Crippen LogP contribution in [0.5, 0.6) is 5.75 Å². The summed E-state index contributed by atoms with van der Waals surface area (Å²) in [5.74, 6) is 0.400. The van der Waals surface area contributed by atoms with E-state index in [0.717, 1.165) is 35.3 Å². The third-order valence-electron chi connectivity index (χ3n) is 6.93. The zero-order valence-electron chi connectivity index (χ0n) is 21.3. The third kappa shape index (κ3) is 5.26. The first kappa shape index (κ1) is 25.8. The highest BCUT2D eigenvalue weighted by Crippen LogP contribution is 2.42. The van der Waals surface area contributed by atoms with Gasteiger partial charge < -0.3 is 10.1 Å². The van der Waals surface area contributed by atoms with Crippen LogP contribution in [-0.4, -0.2) is 26.5 Å². The van der Waals surface area contributed by atoms with Crippen LogP contribution in [0.4, 0.5) is 5.69 Å². The van der Waals surface area contributed by atoms with Crippen LogP contribution in [0, 0.1) is 13.8 Å². The molecule has 1 aliphatic heterocycles. The monoisotopic (exact) mass is 506 g/mol. The van der Waals surface area contributed by atoms with Gasteiger partial charge in [0.05, 0.1) is 16.6 Å². The summed E-state index contributed by atoms with van der Waals surface area (Å²) in [5, 5.41) is 3.13. The molecule has 4 rings (SSSR count). The van der Waals surface area contributed by atoms with E-state index in [-0.39, 0.29) is 29.0 Å². The number of rotatable bonds is 8. The first-order valence-electron chi connectivity index (χ1n) is 12.4. The second-order valence-corrected chi connectivity index (χ2v) is 11.4. The number of hydrogen-bond donors (Lipinski definition) is 1. The lowest BCUT2D eigenvalue weighted by atomic mass is 9.83. The van der Waals surface area contributed by atoms with Crippen LogP contribution in [0.3, 0.4) is 0 Å². The second kappa shape index (κ2) is 10.3.